The molecule has 3 heterocycles. The van der Waals surface area contributed by atoms with Crippen LogP contribution in [0.15, 0.2) is 18.5 Å². The Labute approximate surface area is 142 Å². The van der Waals surface area contributed by atoms with Crippen molar-refractivity contribution in [3.8, 4) is 0 Å². The van der Waals surface area contributed by atoms with Crippen molar-refractivity contribution in [2.45, 2.75) is 44.1 Å². The smallest absolute Gasteiger partial charge is 0.282 e. The Morgan fingerprint density at radius 3 is 2.58 bits per heavy atom. The molecule has 9 heteroatoms. The summed E-state index contributed by atoms with van der Waals surface area (Å²) >= 11 is 0. The molecule has 1 atom stereocenters. The molecular weight excluding hydrogens is 332 g/mol. The van der Waals surface area contributed by atoms with E-state index in [1.165, 1.54) is 14.2 Å². The Balaban J connectivity index is 1.70. The highest BCUT2D eigenvalue weighted by molar-refractivity contribution is 7.86. The predicted octanol–water partition coefficient (Wildman–Crippen LogP) is 0.799. The van der Waals surface area contributed by atoms with Crippen LogP contribution < -0.4 is 5.48 Å². The zero-order valence-electron chi connectivity index (χ0n) is 13.5. The standard InChI is InChI=1S/C15H24N4O4S/c20-15(17-21)14-3-1-2-8-19(14)24(22,23)18-9-5-12(6-10-18)13-4-7-16-11-13/h4,7,11-12,14,16,21H,1-3,5-6,8-10H2,(H,17,20)/t14-/m1/s1. The Bertz CT molecular complexity index is 653. The fourth-order valence-corrected chi connectivity index (χ4v) is 5.53. The minimum absolute atomic E-state index is 0.318. The lowest BCUT2D eigenvalue weighted by atomic mass is 9.92. The molecule has 0 unspecified atom stereocenters. The van der Waals surface area contributed by atoms with Gasteiger partial charge in [-0.2, -0.15) is 17.0 Å². The summed E-state index contributed by atoms with van der Waals surface area (Å²) in [5.74, 6) is -0.291. The van der Waals surface area contributed by atoms with E-state index in [1.54, 1.807) is 5.48 Å². The van der Waals surface area contributed by atoms with Gasteiger partial charge in [0, 0.05) is 32.0 Å². The number of hydrogen-bond donors (Lipinski definition) is 3. The van der Waals surface area contributed by atoms with E-state index in [4.69, 9.17) is 5.21 Å². The van der Waals surface area contributed by atoms with Gasteiger partial charge in [0.05, 0.1) is 0 Å². The lowest BCUT2D eigenvalue weighted by Gasteiger charge is -2.39. The van der Waals surface area contributed by atoms with Gasteiger partial charge in [0.1, 0.15) is 6.04 Å². The molecule has 24 heavy (non-hydrogen) atoms. The van der Waals surface area contributed by atoms with Crippen LogP contribution in [0.1, 0.15) is 43.6 Å². The molecule has 2 fully saturated rings. The number of nitrogens with one attached hydrogen (secondary N) is 2. The molecule has 2 aliphatic heterocycles. The van der Waals surface area contributed by atoms with Crippen LogP contribution in [-0.2, 0) is 15.0 Å². The maximum atomic E-state index is 12.9. The molecule has 2 aliphatic rings. The van der Waals surface area contributed by atoms with Crippen molar-refractivity contribution in [2.24, 2.45) is 0 Å². The van der Waals surface area contributed by atoms with E-state index in [2.05, 4.69) is 4.98 Å². The van der Waals surface area contributed by atoms with Gasteiger partial charge in [0.2, 0.25) is 0 Å². The first-order valence-electron chi connectivity index (χ1n) is 8.37. The minimum Gasteiger partial charge on any atom is -0.367 e. The van der Waals surface area contributed by atoms with Crippen molar-refractivity contribution in [3.63, 3.8) is 0 Å². The summed E-state index contributed by atoms with van der Waals surface area (Å²) in [5, 5.41) is 8.88. The maximum Gasteiger partial charge on any atom is 0.282 e. The highest BCUT2D eigenvalue weighted by Crippen LogP contribution is 2.31. The number of carbonyl (C=O) groups is 1. The number of aromatic nitrogens is 1. The number of nitrogens with zero attached hydrogens (tertiary/aromatic N) is 2. The van der Waals surface area contributed by atoms with Crippen LogP contribution in [0.4, 0.5) is 0 Å². The molecule has 1 aromatic heterocycles. The third-order valence-corrected chi connectivity index (χ3v) is 7.08. The number of amides is 1. The quantitative estimate of drug-likeness (QED) is 0.548. The van der Waals surface area contributed by atoms with Crippen molar-refractivity contribution in [2.75, 3.05) is 19.6 Å². The van der Waals surface area contributed by atoms with Gasteiger partial charge in [-0.05, 0) is 43.2 Å². The van der Waals surface area contributed by atoms with Gasteiger partial charge < -0.3 is 4.98 Å². The summed E-state index contributed by atoms with van der Waals surface area (Å²) in [7, 11) is -3.69. The first-order chi connectivity index (χ1) is 11.5. The largest absolute Gasteiger partial charge is 0.367 e. The lowest BCUT2D eigenvalue weighted by molar-refractivity contribution is -0.134. The summed E-state index contributed by atoms with van der Waals surface area (Å²) in [5.41, 5.74) is 2.81. The molecular formula is C15H24N4O4S. The third kappa shape index (κ3) is 3.34. The van der Waals surface area contributed by atoms with Crippen LogP contribution in [0.25, 0.3) is 0 Å². The average Bonchev–Trinajstić information content (AvgIpc) is 3.16. The molecule has 2 saturated heterocycles. The van der Waals surface area contributed by atoms with E-state index in [1.807, 2.05) is 18.5 Å². The number of hydroxylamine groups is 1. The monoisotopic (exact) mass is 356 g/mol. The molecule has 0 aliphatic carbocycles. The summed E-state index contributed by atoms with van der Waals surface area (Å²) < 4.78 is 28.6. The Morgan fingerprint density at radius 2 is 1.96 bits per heavy atom. The topological polar surface area (TPSA) is 106 Å². The first-order valence-corrected chi connectivity index (χ1v) is 9.77. The normalized spacial score (nSPS) is 24.8. The fourth-order valence-electron chi connectivity index (χ4n) is 3.68. The minimum atomic E-state index is -3.69. The molecule has 0 saturated carbocycles. The Hall–Kier alpha value is -1.42. The van der Waals surface area contributed by atoms with Crippen molar-refractivity contribution in [1.82, 2.24) is 19.1 Å². The van der Waals surface area contributed by atoms with E-state index in [9.17, 15) is 13.2 Å². The van der Waals surface area contributed by atoms with E-state index in [0.29, 0.717) is 32.0 Å². The molecule has 1 aromatic rings. The van der Waals surface area contributed by atoms with Gasteiger partial charge in [-0.1, -0.05) is 6.42 Å². The zero-order chi connectivity index (χ0) is 17.2. The molecule has 134 valence electrons. The molecule has 3 N–H and O–H groups in total. The summed E-state index contributed by atoms with van der Waals surface area (Å²) in [6, 6.07) is 1.21. The van der Waals surface area contributed by atoms with Crippen LogP contribution in [0.2, 0.25) is 0 Å². The van der Waals surface area contributed by atoms with Crippen molar-refractivity contribution < 1.29 is 18.4 Å². The van der Waals surface area contributed by atoms with Crippen LogP contribution in [-0.4, -0.2) is 58.8 Å². The third-order valence-electron chi connectivity index (χ3n) is 5.04. The summed E-state index contributed by atoms with van der Waals surface area (Å²) in [6.45, 7) is 1.21. The van der Waals surface area contributed by atoms with Crippen LogP contribution >= 0.6 is 0 Å². The second kappa shape index (κ2) is 7.22. The second-order valence-electron chi connectivity index (χ2n) is 6.42. The van der Waals surface area contributed by atoms with Gasteiger partial charge in [0.15, 0.2) is 0 Å². The molecule has 8 nitrogen and oxygen atoms in total. The lowest BCUT2D eigenvalue weighted by Crippen LogP contribution is -2.56. The molecule has 0 aromatic carbocycles. The number of H-pyrrole nitrogens is 1. The Morgan fingerprint density at radius 1 is 1.21 bits per heavy atom. The molecule has 0 radical (unpaired) electrons. The van der Waals surface area contributed by atoms with Crippen LogP contribution in [0.3, 0.4) is 0 Å². The van der Waals surface area contributed by atoms with Gasteiger partial charge in [-0.15, -0.1) is 0 Å². The predicted molar refractivity (Wildman–Crippen MR) is 87.5 cm³/mol. The van der Waals surface area contributed by atoms with Gasteiger partial charge in [-0.3, -0.25) is 10.0 Å². The fraction of sp³-hybridized carbons (Fsp3) is 0.667. The average molecular weight is 356 g/mol. The first kappa shape index (κ1) is 17.4. The molecule has 0 spiro atoms. The number of aromatic amines is 1. The number of piperidine rings is 2. The van der Waals surface area contributed by atoms with E-state index >= 15 is 0 Å². The molecule has 3 rings (SSSR count). The van der Waals surface area contributed by atoms with Crippen molar-refractivity contribution >= 4 is 16.1 Å². The SMILES string of the molecule is O=C(NO)[C@H]1CCCCN1S(=O)(=O)N1CCC(c2cc[nH]c2)CC1. The summed E-state index contributed by atoms with van der Waals surface area (Å²) in [6.07, 6.45) is 7.31. The van der Waals surface area contributed by atoms with E-state index in [-0.39, 0.29) is 0 Å². The van der Waals surface area contributed by atoms with Gasteiger partial charge in [-0.25, -0.2) is 5.48 Å². The highest BCUT2D eigenvalue weighted by Gasteiger charge is 2.41. The van der Waals surface area contributed by atoms with Crippen LogP contribution in [0, 0.1) is 0 Å². The number of hydrogen-bond acceptors (Lipinski definition) is 4. The second-order valence-corrected chi connectivity index (χ2v) is 8.30. The number of carbonyl (C=O) groups excluding carboxylic acids is 1. The van der Waals surface area contributed by atoms with Crippen molar-refractivity contribution in [1.29, 1.82) is 0 Å². The van der Waals surface area contributed by atoms with Crippen molar-refractivity contribution in [3.05, 3.63) is 24.0 Å². The van der Waals surface area contributed by atoms with Crippen LogP contribution in [0.5, 0.6) is 0 Å². The molecule has 0 bridgehead atoms. The van der Waals surface area contributed by atoms with Gasteiger partial charge in [0.25, 0.3) is 16.1 Å². The number of rotatable bonds is 4. The summed E-state index contributed by atoms with van der Waals surface area (Å²) in [4.78, 5) is 14.9. The van der Waals surface area contributed by atoms with E-state index in [0.717, 1.165) is 25.7 Å². The van der Waals surface area contributed by atoms with E-state index < -0.39 is 22.2 Å². The zero-order valence-corrected chi connectivity index (χ0v) is 14.3. The Kier molecular flexibility index (Phi) is 5.24. The van der Waals surface area contributed by atoms with Gasteiger partial charge >= 0.3 is 0 Å². The maximum absolute atomic E-state index is 12.9. The molecule has 1 amide bonds. The highest BCUT2D eigenvalue weighted by atomic mass is 32.2.